The zero-order valence-electron chi connectivity index (χ0n) is 17.1. The Kier molecular flexibility index (Phi) is 7.33. The molecule has 162 valence electrons. The first kappa shape index (κ1) is 22.8. The summed E-state index contributed by atoms with van der Waals surface area (Å²) in [5, 5.41) is 3.41. The molecule has 2 aromatic carbocycles. The molecule has 0 fully saturated rings. The van der Waals surface area contributed by atoms with Gasteiger partial charge in [0.05, 0.1) is 11.1 Å². The molecule has 6 nitrogen and oxygen atoms in total. The number of benzene rings is 2. The maximum atomic E-state index is 13.1. The van der Waals surface area contributed by atoms with Gasteiger partial charge in [0.1, 0.15) is 16.5 Å². The number of hydrogen-bond donors (Lipinski definition) is 2. The molecule has 0 saturated heterocycles. The largest absolute Gasteiger partial charge is 0.457 e. The molecule has 0 spiro atoms. The van der Waals surface area contributed by atoms with Crippen molar-refractivity contribution in [3.63, 3.8) is 0 Å². The van der Waals surface area contributed by atoms with Crippen LogP contribution in [0.4, 0.5) is 5.00 Å². The number of thiophene rings is 1. The number of halogens is 1. The number of carbonyl (C=O) groups is 2. The van der Waals surface area contributed by atoms with Gasteiger partial charge in [-0.25, -0.2) is 0 Å². The van der Waals surface area contributed by atoms with Crippen molar-refractivity contribution in [2.45, 2.75) is 19.9 Å². The number of rotatable bonds is 6. The summed E-state index contributed by atoms with van der Waals surface area (Å²) in [5.41, 5.74) is 7.45. The van der Waals surface area contributed by atoms with Crippen molar-refractivity contribution in [1.82, 2.24) is 4.90 Å². The Labute approximate surface area is 191 Å². The molecular weight excluding hydrogens is 434 g/mol. The Balaban J connectivity index is 0.00000272. The molecule has 2 amide bonds. The van der Waals surface area contributed by atoms with Crippen molar-refractivity contribution in [2.75, 3.05) is 18.4 Å². The van der Waals surface area contributed by atoms with Crippen molar-refractivity contribution in [3.05, 3.63) is 76.2 Å². The lowest BCUT2D eigenvalue weighted by Crippen LogP contribution is -2.30. The Morgan fingerprint density at radius 2 is 1.84 bits per heavy atom. The van der Waals surface area contributed by atoms with Crippen LogP contribution in [0.25, 0.3) is 0 Å². The maximum Gasteiger partial charge on any atom is 0.260 e. The lowest BCUT2D eigenvalue weighted by atomic mass is 10.0. The molecule has 0 aliphatic carbocycles. The third kappa shape index (κ3) is 4.90. The normalized spacial score (nSPS) is 13.1. The van der Waals surface area contributed by atoms with Gasteiger partial charge in [0.15, 0.2) is 0 Å². The van der Waals surface area contributed by atoms with E-state index in [1.165, 1.54) is 11.3 Å². The smallest absolute Gasteiger partial charge is 0.260 e. The van der Waals surface area contributed by atoms with Crippen LogP contribution in [0.2, 0.25) is 0 Å². The summed E-state index contributed by atoms with van der Waals surface area (Å²) in [6.07, 6.45) is 0.752. The van der Waals surface area contributed by atoms with E-state index in [1.54, 1.807) is 18.2 Å². The SMILES string of the molecule is CCN1CCc2c(sc(NC(=O)c3ccccc3Oc3ccccc3)c2C(N)=O)C1.Cl. The molecule has 3 aromatic rings. The molecule has 2 heterocycles. The summed E-state index contributed by atoms with van der Waals surface area (Å²) in [6.45, 7) is 4.69. The van der Waals surface area contributed by atoms with E-state index >= 15 is 0 Å². The highest BCUT2D eigenvalue weighted by atomic mass is 35.5. The lowest BCUT2D eigenvalue weighted by Gasteiger charge is -2.25. The fraction of sp³-hybridized carbons (Fsp3) is 0.217. The number of amides is 2. The minimum Gasteiger partial charge on any atom is -0.457 e. The number of likely N-dealkylation sites (N-methyl/N-ethyl adjacent to an activating group) is 1. The minimum absolute atomic E-state index is 0. The molecule has 8 heteroatoms. The summed E-state index contributed by atoms with van der Waals surface area (Å²) in [6, 6.07) is 16.3. The van der Waals surface area contributed by atoms with Crippen molar-refractivity contribution in [2.24, 2.45) is 5.73 Å². The van der Waals surface area contributed by atoms with E-state index < -0.39 is 5.91 Å². The van der Waals surface area contributed by atoms with Crippen LogP contribution in [-0.2, 0) is 13.0 Å². The number of ether oxygens (including phenoxy) is 1. The first-order valence-corrected chi connectivity index (χ1v) is 10.7. The predicted octanol–water partition coefficient (Wildman–Crippen LogP) is 4.69. The van der Waals surface area contributed by atoms with Crippen LogP contribution in [0.15, 0.2) is 54.6 Å². The van der Waals surface area contributed by atoms with Gasteiger partial charge < -0.3 is 15.8 Å². The van der Waals surface area contributed by atoms with E-state index in [2.05, 4.69) is 17.1 Å². The van der Waals surface area contributed by atoms with E-state index in [0.29, 0.717) is 27.6 Å². The molecule has 3 N–H and O–H groups in total. The number of hydrogen-bond acceptors (Lipinski definition) is 5. The summed E-state index contributed by atoms with van der Waals surface area (Å²) >= 11 is 1.43. The van der Waals surface area contributed by atoms with E-state index in [9.17, 15) is 9.59 Å². The standard InChI is InChI=1S/C23H23N3O3S.ClH/c1-2-26-13-12-17-19(14-26)30-23(20(17)21(24)27)25-22(28)16-10-6-7-11-18(16)29-15-8-4-3-5-9-15;/h3-11H,2,12-14H2,1H3,(H2,24,27)(H,25,28);1H. The molecule has 1 aromatic heterocycles. The average Bonchev–Trinajstić information content (AvgIpc) is 3.11. The van der Waals surface area contributed by atoms with Gasteiger partial charge in [0.25, 0.3) is 11.8 Å². The van der Waals surface area contributed by atoms with Crippen LogP contribution in [0, 0.1) is 0 Å². The zero-order valence-corrected chi connectivity index (χ0v) is 18.7. The first-order chi connectivity index (χ1) is 14.6. The lowest BCUT2D eigenvalue weighted by molar-refractivity contribution is 0.1000. The summed E-state index contributed by atoms with van der Waals surface area (Å²) in [5.74, 6) is 0.235. The fourth-order valence-corrected chi connectivity index (χ4v) is 4.89. The third-order valence-electron chi connectivity index (χ3n) is 5.16. The number of nitrogens with two attached hydrogens (primary N) is 1. The predicted molar refractivity (Wildman–Crippen MR) is 126 cm³/mol. The van der Waals surface area contributed by atoms with Crippen LogP contribution >= 0.6 is 23.7 Å². The monoisotopic (exact) mass is 457 g/mol. The molecule has 0 radical (unpaired) electrons. The Morgan fingerprint density at radius 3 is 2.55 bits per heavy atom. The number of para-hydroxylation sites is 2. The number of nitrogens with one attached hydrogen (secondary N) is 1. The van der Waals surface area contributed by atoms with Gasteiger partial charge in [0.2, 0.25) is 0 Å². The van der Waals surface area contributed by atoms with Gasteiger partial charge in [-0.2, -0.15) is 0 Å². The number of fused-ring (bicyclic) bond motifs is 1. The molecule has 0 unspecified atom stereocenters. The van der Waals surface area contributed by atoms with Crippen LogP contribution < -0.4 is 15.8 Å². The quantitative estimate of drug-likeness (QED) is 0.562. The van der Waals surface area contributed by atoms with Crippen LogP contribution in [-0.4, -0.2) is 29.8 Å². The Hall–Kier alpha value is -2.87. The number of primary amides is 1. The molecule has 1 aliphatic heterocycles. The summed E-state index contributed by atoms with van der Waals surface area (Å²) in [4.78, 5) is 28.6. The molecule has 31 heavy (non-hydrogen) atoms. The van der Waals surface area contributed by atoms with E-state index in [-0.39, 0.29) is 18.3 Å². The average molecular weight is 458 g/mol. The fourth-order valence-electron chi connectivity index (χ4n) is 3.60. The highest BCUT2D eigenvalue weighted by Gasteiger charge is 2.27. The molecular formula is C23H24ClN3O3S. The molecule has 0 saturated carbocycles. The third-order valence-corrected chi connectivity index (χ3v) is 6.29. The van der Waals surface area contributed by atoms with Gasteiger partial charge in [-0.15, -0.1) is 23.7 Å². The van der Waals surface area contributed by atoms with Crippen LogP contribution in [0.5, 0.6) is 11.5 Å². The number of anilines is 1. The van der Waals surface area contributed by atoms with Crippen molar-refractivity contribution < 1.29 is 14.3 Å². The van der Waals surface area contributed by atoms with Crippen molar-refractivity contribution >= 4 is 40.6 Å². The van der Waals surface area contributed by atoms with Gasteiger partial charge in [0, 0.05) is 18.0 Å². The second-order valence-corrected chi connectivity index (χ2v) is 8.16. The van der Waals surface area contributed by atoms with Crippen LogP contribution in [0.1, 0.15) is 38.1 Å². The number of carbonyl (C=O) groups excluding carboxylic acids is 2. The molecule has 0 atom stereocenters. The molecule has 0 bridgehead atoms. The van der Waals surface area contributed by atoms with E-state index in [1.807, 2.05) is 36.4 Å². The molecule has 4 rings (SSSR count). The van der Waals surface area contributed by atoms with Gasteiger partial charge in [-0.05, 0) is 42.8 Å². The van der Waals surface area contributed by atoms with Crippen LogP contribution in [0.3, 0.4) is 0 Å². The minimum atomic E-state index is -0.512. The first-order valence-electron chi connectivity index (χ1n) is 9.86. The Morgan fingerprint density at radius 1 is 1.13 bits per heavy atom. The van der Waals surface area contributed by atoms with E-state index in [4.69, 9.17) is 10.5 Å². The zero-order chi connectivity index (χ0) is 21.1. The second kappa shape index (κ2) is 9.96. The van der Waals surface area contributed by atoms with Crippen molar-refractivity contribution in [1.29, 1.82) is 0 Å². The summed E-state index contributed by atoms with van der Waals surface area (Å²) in [7, 11) is 0. The summed E-state index contributed by atoms with van der Waals surface area (Å²) < 4.78 is 5.90. The number of nitrogens with zero attached hydrogens (tertiary/aromatic N) is 1. The topological polar surface area (TPSA) is 84.7 Å². The maximum absolute atomic E-state index is 13.1. The van der Waals surface area contributed by atoms with Gasteiger partial charge in [-0.3, -0.25) is 14.5 Å². The van der Waals surface area contributed by atoms with E-state index in [0.717, 1.165) is 36.5 Å². The Bertz CT molecular complexity index is 1080. The molecule has 1 aliphatic rings. The van der Waals surface area contributed by atoms with Crippen molar-refractivity contribution in [3.8, 4) is 11.5 Å². The highest BCUT2D eigenvalue weighted by Crippen LogP contribution is 2.37. The highest BCUT2D eigenvalue weighted by molar-refractivity contribution is 7.17. The van der Waals surface area contributed by atoms with Gasteiger partial charge in [-0.1, -0.05) is 37.3 Å². The van der Waals surface area contributed by atoms with Gasteiger partial charge >= 0.3 is 0 Å². The second-order valence-electron chi connectivity index (χ2n) is 7.06.